The molecule has 1 heterocycles. The van der Waals surface area contributed by atoms with Crippen molar-refractivity contribution in [2.24, 2.45) is 0 Å². The number of aryl methyl sites for hydroxylation is 1. The summed E-state index contributed by atoms with van der Waals surface area (Å²) in [6.45, 7) is 2.88. The molecule has 0 aliphatic carbocycles. The molecule has 0 aliphatic rings. The molecule has 64 valence electrons. The van der Waals surface area contributed by atoms with E-state index in [2.05, 4.69) is 12.0 Å². The molecule has 0 amide bonds. The Bertz CT molecular complexity index is 294. The fourth-order valence-corrected chi connectivity index (χ4v) is 1.04. The van der Waals surface area contributed by atoms with Crippen LogP contribution in [0.5, 0.6) is 0 Å². The first-order valence-corrected chi connectivity index (χ1v) is 3.96. The van der Waals surface area contributed by atoms with Crippen molar-refractivity contribution in [1.29, 1.82) is 5.26 Å². The third-order valence-corrected chi connectivity index (χ3v) is 1.66. The van der Waals surface area contributed by atoms with E-state index in [1.165, 1.54) is 0 Å². The average molecular weight is 164 g/mol. The smallest absolute Gasteiger partial charge is 0.125 e. The van der Waals surface area contributed by atoms with Gasteiger partial charge in [0.1, 0.15) is 5.82 Å². The lowest BCUT2D eigenvalue weighted by Crippen LogP contribution is -2.04. The van der Waals surface area contributed by atoms with Gasteiger partial charge in [0.05, 0.1) is 18.7 Å². The van der Waals surface area contributed by atoms with Crippen molar-refractivity contribution in [2.45, 2.75) is 26.3 Å². The van der Waals surface area contributed by atoms with Crippen molar-refractivity contribution >= 4 is 5.82 Å². The highest BCUT2D eigenvalue weighted by Gasteiger charge is 2.04. The summed E-state index contributed by atoms with van der Waals surface area (Å²) < 4.78 is 1.73. The van der Waals surface area contributed by atoms with E-state index in [0.717, 1.165) is 18.5 Å². The predicted octanol–water partition coefficient (Wildman–Crippen LogP) is 0.941. The number of hydrogen-bond acceptors (Lipinski definition) is 3. The second-order valence-electron chi connectivity index (χ2n) is 2.61. The van der Waals surface area contributed by atoms with Crippen molar-refractivity contribution in [3.05, 3.63) is 11.8 Å². The van der Waals surface area contributed by atoms with E-state index in [1.807, 2.05) is 6.07 Å². The van der Waals surface area contributed by atoms with E-state index in [-0.39, 0.29) is 0 Å². The molecule has 12 heavy (non-hydrogen) atoms. The molecule has 0 saturated heterocycles. The lowest BCUT2D eigenvalue weighted by molar-refractivity contribution is 0.611. The molecule has 4 nitrogen and oxygen atoms in total. The topological polar surface area (TPSA) is 67.6 Å². The normalized spacial score (nSPS) is 9.67. The summed E-state index contributed by atoms with van der Waals surface area (Å²) in [6.07, 6.45) is 3.00. The summed E-state index contributed by atoms with van der Waals surface area (Å²) in [7, 11) is 0. The number of nitriles is 1. The number of rotatable bonds is 3. The Kier molecular flexibility index (Phi) is 2.70. The van der Waals surface area contributed by atoms with Gasteiger partial charge in [-0.1, -0.05) is 6.92 Å². The largest absolute Gasteiger partial charge is 0.384 e. The monoisotopic (exact) mass is 164 g/mol. The molecule has 0 spiro atoms. The molecule has 0 aromatic carbocycles. The minimum atomic E-state index is 0.343. The predicted molar refractivity (Wildman–Crippen MR) is 46.2 cm³/mol. The highest BCUT2D eigenvalue weighted by atomic mass is 15.3. The molecular formula is C8H12N4. The Morgan fingerprint density at radius 1 is 1.75 bits per heavy atom. The second-order valence-corrected chi connectivity index (χ2v) is 2.61. The fourth-order valence-electron chi connectivity index (χ4n) is 1.04. The van der Waals surface area contributed by atoms with E-state index in [0.29, 0.717) is 12.2 Å². The van der Waals surface area contributed by atoms with Crippen molar-refractivity contribution in [3.8, 4) is 6.07 Å². The zero-order valence-electron chi connectivity index (χ0n) is 7.12. The van der Waals surface area contributed by atoms with Crippen LogP contribution in [-0.2, 0) is 13.0 Å². The number of nitrogens with two attached hydrogens (primary N) is 1. The number of hydrogen-bond donors (Lipinski definition) is 1. The number of aromatic nitrogens is 2. The van der Waals surface area contributed by atoms with Crippen LogP contribution < -0.4 is 5.73 Å². The van der Waals surface area contributed by atoms with Gasteiger partial charge in [-0.3, -0.25) is 0 Å². The number of anilines is 1. The molecule has 1 aromatic rings. The lowest BCUT2D eigenvalue weighted by Gasteiger charge is -2.00. The van der Waals surface area contributed by atoms with E-state index >= 15 is 0 Å². The third kappa shape index (κ3) is 1.56. The Hall–Kier alpha value is -1.50. The minimum absolute atomic E-state index is 0.343. The van der Waals surface area contributed by atoms with Crippen LogP contribution >= 0.6 is 0 Å². The van der Waals surface area contributed by atoms with Gasteiger partial charge in [0.25, 0.3) is 0 Å². The van der Waals surface area contributed by atoms with E-state index < -0.39 is 0 Å². The Morgan fingerprint density at radius 2 is 2.50 bits per heavy atom. The molecule has 2 N–H and O–H groups in total. The molecule has 0 aliphatic heterocycles. The van der Waals surface area contributed by atoms with Gasteiger partial charge in [-0.2, -0.15) is 10.4 Å². The van der Waals surface area contributed by atoms with Crippen LogP contribution in [0.25, 0.3) is 0 Å². The standard InChI is InChI=1S/C8H12N4/c1-2-5-12-8(10)7(3-4-9)6-11-12/h6H,2-3,5,10H2,1H3. The summed E-state index contributed by atoms with van der Waals surface area (Å²) in [5.74, 6) is 0.624. The molecule has 1 aromatic heterocycles. The summed E-state index contributed by atoms with van der Waals surface area (Å²) >= 11 is 0. The van der Waals surface area contributed by atoms with Gasteiger partial charge in [-0.05, 0) is 6.42 Å². The molecule has 0 unspecified atom stereocenters. The maximum absolute atomic E-state index is 8.44. The molecule has 0 atom stereocenters. The van der Waals surface area contributed by atoms with Crippen molar-refractivity contribution in [3.63, 3.8) is 0 Å². The van der Waals surface area contributed by atoms with E-state index in [4.69, 9.17) is 11.0 Å². The van der Waals surface area contributed by atoms with Gasteiger partial charge in [0.15, 0.2) is 0 Å². The second kappa shape index (κ2) is 3.77. The first-order valence-electron chi connectivity index (χ1n) is 3.96. The van der Waals surface area contributed by atoms with Crippen LogP contribution in [0.15, 0.2) is 6.20 Å². The lowest BCUT2D eigenvalue weighted by atomic mass is 10.2. The van der Waals surface area contributed by atoms with Crippen LogP contribution in [0.4, 0.5) is 5.82 Å². The maximum Gasteiger partial charge on any atom is 0.125 e. The van der Waals surface area contributed by atoms with E-state index in [1.54, 1.807) is 10.9 Å². The van der Waals surface area contributed by atoms with Crippen LogP contribution in [-0.4, -0.2) is 9.78 Å². The van der Waals surface area contributed by atoms with Crippen LogP contribution in [0.3, 0.4) is 0 Å². The number of nitrogen functional groups attached to an aromatic ring is 1. The van der Waals surface area contributed by atoms with Crippen molar-refractivity contribution < 1.29 is 0 Å². The zero-order valence-corrected chi connectivity index (χ0v) is 7.12. The van der Waals surface area contributed by atoms with Crippen LogP contribution in [0.2, 0.25) is 0 Å². The molecule has 0 fully saturated rings. The highest BCUT2D eigenvalue weighted by Crippen LogP contribution is 2.11. The SMILES string of the molecule is CCCn1ncc(CC#N)c1N. The summed E-state index contributed by atoms with van der Waals surface area (Å²) in [5, 5.41) is 12.5. The molecule has 0 bridgehead atoms. The van der Waals surface area contributed by atoms with Gasteiger partial charge < -0.3 is 5.73 Å². The quantitative estimate of drug-likeness (QED) is 0.722. The highest BCUT2D eigenvalue weighted by molar-refractivity contribution is 5.40. The third-order valence-electron chi connectivity index (χ3n) is 1.66. The Balaban J connectivity index is 2.82. The molecule has 1 rings (SSSR count). The van der Waals surface area contributed by atoms with Crippen molar-refractivity contribution in [2.75, 3.05) is 5.73 Å². The van der Waals surface area contributed by atoms with Crippen LogP contribution in [0.1, 0.15) is 18.9 Å². The van der Waals surface area contributed by atoms with Gasteiger partial charge >= 0.3 is 0 Å². The first-order chi connectivity index (χ1) is 5.79. The summed E-state index contributed by atoms with van der Waals surface area (Å²) in [6, 6.07) is 2.05. The Morgan fingerprint density at radius 3 is 3.08 bits per heavy atom. The molecule has 0 radical (unpaired) electrons. The fraction of sp³-hybridized carbons (Fsp3) is 0.500. The van der Waals surface area contributed by atoms with Gasteiger partial charge in [0, 0.05) is 12.1 Å². The summed E-state index contributed by atoms with van der Waals surface area (Å²) in [5.41, 5.74) is 6.55. The van der Waals surface area contributed by atoms with E-state index in [9.17, 15) is 0 Å². The summed E-state index contributed by atoms with van der Waals surface area (Å²) in [4.78, 5) is 0. The first kappa shape index (κ1) is 8.60. The zero-order chi connectivity index (χ0) is 8.97. The minimum Gasteiger partial charge on any atom is -0.384 e. The van der Waals surface area contributed by atoms with Gasteiger partial charge in [-0.25, -0.2) is 4.68 Å². The van der Waals surface area contributed by atoms with Crippen LogP contribution in [0, 0.1) is 11.3 Å². The molecule has 4 heteroatoms. The van der Waals surface area contributed by atoms with Gasteiger partial charge in [-0.15, -0.1) is 0 Å². The molecular weight excluding hydrogens is 152 g/mol. The maximum atomic E-state index is 8.44. The average Bonchev–Trinajstić information content (AvgIpc) is 2.38. The molecule has 0 saturated carbocycles. The van der Waals surface area contributed by atoms with Crippen molar-refractivity contribution in [1.82, 2.24) is 9.78 Å². The number of nitrogens with zero attached hydrogens (tertiary/aromatic N) is 3. The van der Waals surface area contributed by atoms with Gasteiger partial charge in [0.2, 0.25) is 0 Å². The Labute approximate surface area is 71.6 Å².